The van der Waals surface area contributed by atoms with E-state index in [9.17, 15) is 0 Å². The second kappa shape index (κ2) is 5.53. The molecule has 0 aliphatic heterocycles. The van der Waals surface area contributed by atoms with Gasteiger partial charge in [-0.25, -0.2) is 9.97 Å². The maximum atomic E-state index is 4.53. The predicted octanol–water partition coefficient (Wildman–Crippen LogP) is 3.11. The minimum absolute atomic E-state index is 0.255. The number of aryl methyl sites for hydroxylation is 1. The first-order valence-electron chi connectivity index (χ1n) is 5.63. The fourth-order valence-corrected chi connectivity index (χ4v) is 1.90. The van der Waals surface area contributed by atoms with Crippen LogP contribution in [0.2, 0.25) is 0 Å². The van der Waals surface area contributed by atoms with Crippen LogP contribution < -0.4 is 5.32 Å². The van der Waals surface area contributed by atoms with Gasteiger partial charge in [0.1, 0.15) is 11.6 Å². The first-order chi connectivity index (χ1) is 7.44. The van der Waals surface area contributed by atoms with E-state index in [1.165, 1.54) is 0 Å². The Balaban J connectivity index is 2.79. The Morgan fingerprint density at radius 2 is 2.00 bits per heavy atom. The van der Waals surface area contributed by atoms with Crippen molar-refractivity contribution in [3.63, 3.8) is 0 Å². The standard InChI is InChI=1S/C12H21N3S/c1-6-9-7-10(13-5)15-11(14-9)8-16-12(2,3)4/h7H,6,8H2,1-5H3,(H,13,14,15). The first kappa shape index (κ1) is 13.3. The molecule has 0 amide bonds. The normalized spacial score (nSPS) is 11.6. The molecular formula is C12H21N3S. The van der Waals surface area contributed by atoms with E-state index in [4.69, 9.17) is 0 Å². The molecule has 0 saturated carbocycles. The van der Waals surface area contributed by atoms with E-state index >= 15 is 0 Å². The minimum atomic E-state index is 0.255. The lowest BCUT2D eigenvalue weighted by Crippen LogP contribution is -2.09. The van der Waals surface area contributed by atoms with Crippen molar-refractivity contribution in [1.29, 1.82) is 0 Å². The van der Waals surface area contributed by atoms with Crippen LogP contribution in [-0.2, 0) is 12.2 Å². The number of nitrogens with one attached hydrogen (secondary N) is 1. The average molecular weight is 239 g/mol. The Labute approximate surface area is 102 Å². The molecular weight excluding hydrogens is 218 g/mol. The fourth-order valence-electron chi connectivity index (χ4n) is 1.21. The molecule has 1 N–H and O–H groups in total. The number of thioether (sulfide) groups is 1. The molecule has 3 nitrogen and oxygen atoms in total. The Kier molecular flexibility index (Phi) is 4.59. The van der Waals surface area contributed by atoms with Crippen molar-refractivity contribution < 1.29 is 0 Å². The molecule has 0 spiro atoms. The van der Waals surface area contributed by atoms with Crippen molar-refractivity contribution in [1.82, 2.24) is 9.97 Å². The highest BCUT2D eigenvalue weighted by Crippen LogP contribution is 2.26. The summed E-state index contributed by atoms with van der Waals surface area (Å²) in [7, 11) is 1.89. The van der Waals surface area contributed by atoms with Crippen molar-refractivity contribution in [3.8, 4) is 0 Å². The third-order valence-electron chi connectivity index (χ3n) is 2.08. The number of nitrogens with zero attached hydrogens (tertiary/aromatic N) is 2. The van der Waals surface area contributed by atoms with Gasteiger partial charge in [-0.15, -0.1) is 11.8 Å². The molecule has 0 radical (unpaired) electrons. The molecule has 0 aliphatic carbocycles. The second-order valence-corrected chi connectivity index (χ2v) is 6.47. The van der Waals surface area contributed by atoms with Gasteiger partial charge in [-0.1, -0.05) is 27.7 Å². The summed E-state index contributed by atoms with van der Waals surface area (Å²) >= 11 is 1.87. The summed E-state index contributed by atoms with van der Waals surface area (Å²) in [4.78, 5) is 8.99. The molecule has 1 rings (SSSR count). The molecule has 0 saturated heterocycles. The summed E-state index contributed by atoms with van der Waals surface area (Å²) in [5.74, 6) is 2.70. The molecule has 90 valence electrons. The molecule has 1 aromatic heterocycles. The fraction of sp³-hybridized carbons (Fsp3) is 0.667. The van der Waals surface area contributed by atoms with Gasteiger partial charge in [0.15, 0.2) is 0 Å². The molecule has 0 fully saturated rings. The highest BCUT2D eigenvalue weighted by molar-refractivity contribution is 7.99. The Morgan fingerprint density at radius 1 is 1.31 bits per heavy atom. The summed E-state index contributed by atoms with van der Waals surface area (Å²) in [6.07, 6.45) is 0.949. The van der Waals surface area contributed by atoms with Crippen LogP contribution in [0.3, 0.4) is 0 Å². The summed E-state index contributed by atoms with van der Waals surface area (Å²) in [5, 5.41) is 3.08. The Hall–Kier alpha value is -0.770. The van der Waals surface area contributed by atoms with Crippen LogP contribution in [0.15, 0.2) is 6.07 Å². The van der Waals surface area contributed by atoms with Crippen molar-refractivity contribution in [2.24, 2.45) is 0 Å². The maximum absolute atomic E-state index is 4.53. The lowest BCUT2D eigenvalue weighted by Gasteiger charge is -2.17. The topological polar surface area (TPSA) is 37.8 Å². The van der Waals surface area contributed by atoms with Crippen molar-refractivity contribution in [2.45, 2.75) is 44.6 Å². The molecule has 0 aliphatic rings. The molecule has 0 atom stereocenters. The Bertz CT molecular complexity index is 322. The summed E-state index contributed by atoms with van der Waals surface area (Å²) < 4.78 is 0.255. The average Bonchev–Trinajstić information content (AvgIpc) is 2.25. The van der Waals surface area contributed by atoms with Crippen molar-refractivity contribution >= 4 is 17.6 Å². The molecule has 0 bridgehead atoms. The van der Waals surface area contributed by atoms with Gasteiger partial charge in [0, 0.05) is 23.6 Å². The summed E-state index contributed by atoms with van der Waals surface area (Å²) in [5.41, 5.74) is 1.10. The number of hydrogen-bond acceptors (Lipinski definition) is 4. The molecule has 4 heteroatoms. The van der Waals surface area contributed by atoms with Gasteiger partial charge in [0.2, 0.25) is 0 Å². The van der Waals surface area contributed by atoms with Crippen LogP contribution in [0.4, 0.5) is 5.82 Å². The summed E-state index contributed by atoms with van der Waals surface area (Å²) in [6, 6.07) is 2.01. The quantitative estimate of drug-likeness (QED) is 0.876. The van der Waals surface area contributed by atoms with Gasteiger partial charge >= 0.3 is 0 Å². The van der Waals surface area contributed by atoms with Gasteiger partial charge < -0.3 is 5.32 Å². The van der Waals surface area contributed by atoms with E-state index in [0.717, 1.165) is 29.5 Å². The highest BCUT2D eigenvalue weighted by atomic mass is 32.2. The second-order valence-electron chi connectivity index (χ2n) is 4.67. The third kappa shape index (κ3) is 4.39. The molecule has 0 unspecified atom stereocenters. The lowest BCUT2D eigenvalue weighted by atomic mass is 10.3. The number of hydrogen-bond donors (Lipinski definition) is 1. The first-order valence-corrected chi connectivity index (χ1v) is 6.61. The van der Waals surface area contributed by atoms with Crippen molar-refractivity contribution in [3.05, 3.63) is 17.6 Å². The number of anilines is 1. The van der Waals surface area contributed by atoms with E-state index < -0.39 is 0 Å². The van der Waals surface area contributed by atoms with E-state index in [2.05, 4.69) is 43.0 Å². The van der Waals surface area contributed by atoms with Crippen LogP contribution in [0, 0.1) is 0 Å². The predicted molar refractivity (Wildman–Crippen MR) is 72.0 cm³/mol. The van der Waals surface area contributed by atoms with Crippen LogP contribution in [0.5, 0.6) is 0 Å². The van der Waals surface area contributed by atoms with E-state index in [0.29, 0.717) is 0 Å². The van der Waals surface area contributed by atoms with Crippen LogP contribution in [0.25, 0.3) is 0 Å². The Morgan fingerprint density at radius 3 is 2.50 bits per heavy atom. The van der Waals surface area contributed by atoms with E-state index in [1.54, 1.807) is 0 Å². The van der Waals surface area contributed by atoms with Gasteiger partial charge in [0.05, 0.1) is 5.75 Å². The molecule has 1 heterocycles. The van der Waals surface area contributed by atoms with Gasteiger partial charge in [-0.05, 0) is 6.42 Å². The van der Waals surface area contributed by atoms with Crippen LogP contribution in [-0.4, -0.2) is 21.8 Å². The summed E-state index contributed by atoms with van der Waals surface area (Å²) in [6.45, 7) is 8.74. The number of rotatable bonds is 4. The molecule has 1 aromatic rings. The van der Waals surface area contributed by atoms with E-state index in [-0.39, 0.29) is 4.75 Å². The van der Waals surface area contributed by atoms with E-state index in [1.807, 2.05) is 24.9 Å². The SMILES string of the molecule is CCc1cc(NC)nc(CSC(C)(C)C)n1. The van der Waals surface area contributed by atoms with Crippen LogP contribution in [0.1, 0.15) is 39.2 Å². The monoisotopic (exact) mass is 239 g/mol. The van der Waals surface area contributed by atoms with Crippen LogP contribution >= 0.6 is 11.8 Å². The zero-order valence-electron chi connectivity index (χ0n) is 10.8. The zero-order valence-corrected chi connectivity index (χ0v) is 11.6. The van der Waals surface area contributed by atoms with Gasteiger partial charge in [-0.2, -0.15) is 0 Å². The third-order valence-corrected chi connectivity index (χ3v) is 3.35. The molecule has 16 heavy (non-hydrogen) atoms. The highest BCUT2D eigenvalue weighted by Gasteiger charge is 2.12. The van der Waals surface area contributed by atoms with Gasteiger partial charge in [0.25, 0.3) is 0 Å². The lowest BCUT2D eigenvalue weighted by molar-refractivity contribution is 0.799. The van der Waals surface area contributed by atoms with Gasteiger partial charge in [-0.3, -0.25) is 0 Å². The maximum Gasteiger partial charge on any atom is 0.140 e. The smallest absolute Gasteiger partial charge is 0.140 e. The largest absolute Gasteiger partial charge is 0.373 e. The number of aromatic nitrogens is 2. The minimum Gasteiger partial charge on any atom is -0.373 e. The van der Waals surface area contributed by atoms with Crippen molar-refractivity contribution in [2.75, 3.05) is 12.4 Å². The zero-order chi connectivity index (χ0) is 12.2. The molecule has 0 aromatic carbocycles.